The molecule has 0 saturated heterocycles. The van der Waals surface area contributed by atoms with Crippen LogP contribution in [0.15, 0.2) is 141 Å². The first-order valence-corrected chi connectivity index (χ1v) is 15.0. The van der Waals surface area contributed by atoms with Gasteiger partial charge in [0, 0.05) is 33.2 Å². The average Bonchev–Trinajstić information content (AvgIpc) is 3.09. The second-order valence-corrected chi connectivity index (χ2v) is 11.1. The molecule has 7 aromatic rings. The predicted molar refractivity (Wildman–Crippen MR) is 188 cm³/mol. The first-order chi connectivity index (χ1) is 22.0. The SMILES string of the molecule is C=C.Cc1ccc(-c2cc(-c3cccc(-c4nc(-c5ccc(C)cc5)c5ccccc5n4)c3)nc(-c3ccc(C)cc3)n2)cc1. The summed E-state index contributed by atoms with van der Waals surface area (Å²) >= 11 is 0. The van der Waals surface area contributed by atoms with Gasteiger partial charge in [0.25, 0.3) is 0 Å². The zero-order valence-electron chi connectivity index (χ0n) is 25.8. The normalized spacial score (nSPS) is 10.7. The highest BCUT2D eigenvalue weighted by molar-refractivity contribution is 5.93. The molecule has 0 saturated carbocycles. The summed E-state index contributed by atoms with van der Waals surface area (Å²) in [7, 11) is 0. The maximum atomic E-state index is 5.11. The van der Waals surface area contributed by atoms with E-state index in [9.17, 15) is 0 Å². The summed E-state index contributed by atoms with van der Waals surface area (Å²) < 4.78 is 0. The van der Waals surface area contributed by atoms with Crippen LogP contribution in [-0.2, 0) is 0 Å². The van der Waals surface area contributed by atoms with Crippen molar-refractivity contribution in [2.75, 3.05) is 0 Å². The maximum absolute atomic E-state index is 5.11. The molecule has 0 fully saturated rings. The Morgan fingerprint density at radius 2 is 0.911 bits per heavy atom. The Morgan fingerprint density at radius 3 is 1.56 bits per heavy atom. The van der Waals surface area contributed by atoms with Gasteiger partial charge in [0.2, 0.25) is 0 Å². The molecular formula is C41H34N4. The van der Waals surface area contributed by atoms with E-state index in [1.54, 1.807) is 0 Å². The maximum Gasteiger partial charge on any atom is 0.160 e. The predicted octanol–water partition coefficient (Wildman–Crippen LogP) is 10.5. The lowest BCUT2D eigenvalue weighted by atomic mass is 10.0. The van der Waals surface area contributed by atoms with Crippen molar-refractivity contribution in [2.24, 2.45) is 0 Å². The molecule has 0 N–H and O–H groups in total. The Kier molecular flexibility index (Phi) is 8.39. The molecule has 5 aromatic carbocycles. The van der Waals surface area contributed by atoms with E-state index >= 15 is 0 Å². The molecule has 2 aromatic heterocycles. The molecule has 0 amide bonds. The second-order valence-electron chi connectivity index (χ2n) is 11.1. The number of hydrogen-bond donors (Lipinski definition) is 0. The van der Waals surface area contributed by atoms with E-state index in [4.69, 9.17) is 19.9 Å². The molecule has 0 aliphatic rings. The minimum absolute atomic E-state index is 0.683. The van der Waals surface area contributed by atoms with Crippen molar-refractivity contribution in [3.63, 3.8) is 0 Å². The number of aryl methyl sites for hydroxylation is 3. The number of hydrogen-bond acceptors (Lipinski definition) is 4. The molecule has 0 spiro atoms. The van der Waals surface area contributed by atoms with Gasteiger partial charge in [-0.3, -0.25) is 0 Å². The first kappa shape index (κ1) is 29.3. The zero-order valence-corrected chi connectivity index (χ0v) is 25.8. The van der Waals surface area contributed by atoms with Crippen molar-refractivity contribution >= 4 is 10.9 Å². The Bertz CT molecular complexity index is 2030. The van der Waals surface area contributed by atoms with Crippen molar-refractivity contribution in [3.05, 3.63) is 157 Å². The number of fused-ring (bicyclic) bond motifs is 1. The van der Waals surface area contributed by atoms with Crippen LogP contribution in [0.3, 0.4) is 0 Å². The number of para-hydroxylation sites is 1. The van der Waals surface area contributed by atoms with Gasteiger partial charge in [0.05, 0.1) is 22.6 Å². The highest BCUT2D eigenvalue weighted by atomic mass is 14.9. The molecular weight excluding hydrogens is 548 g/mol. The van der Waals surface area contributed by atoms with Gasteiger partial charge in [-0.05, 0) is 39.0 Å². The molecule has 0 bridgehead atoms. The highest BCUT2D eigenvalue weighted by Crippen LogP contribution is 2.32. The molecule has 218 valence electrons. The summed E-state index contributed by atoms with van der Waals surface area (Å²) in [6.45, 7) is 12.3. The van der Waals surface area contributed by atoms with E-state index in [0.29, 0.717) is 11.6 Å². The third kappa shape index (κ3) is 6.31. The molecule has 0 radical (unpaired) electrons. The summed E-state index contributed by atoms with van der Waals surface area (Å²) in [5, 5.41) is 1.03. The van der Waals surface area contributed by atoms with Crippen molar-refractivity contribution in [1.29, 1.82) is 0 Å². The van der Waals surface area contributed by atoms with Gasteiger partial charge in [-0.25, -0.2) is 19.9 Å². The molecule has 4 heteroatoms. The third-order valence-corrected chi connectivity index (χ3v) is 7.73. The minimum Gasteiger partial charge on any atom is -0.228 e. The van der Waals surface area contributed by atoms with Crippen LogP contribution >= 0.6 is 0 Å². The topological polar surface area (TPSA) is 51.6 Å². The number of benzene rings is 5. The Labute approximate surface area is 264 Å². The van der Waals surface area contributed by atoms with Gasteiger partial charge in [-0.1, -0.05) is 126 Å². The fraction of sp³-hybridized carbons (Fsp3) is 0.0732. The van der Waals surface area contributed by atoms with Crippen LogP contribution in [0.1, 0.15) is 16.7 Å². The Hall–Kier alpha value is -5.74. The summed E-state index contributed by atoms with van der Waals surface area (Å²) in [4.78, 5) is 20.1. The quantitative estimate of drug-likeness (QED) is 0.189. The largest absolute Gasteiger partial charge is 0.228 e. The smallest absolute Gasteiger partial charge is 0.160 e. The van der Waals surface area contributed by atoms with E-state index in [0.717, 1.165) is 55.8 Å². The van der Waals surface area contributed by atoms with E-state index in [-0.39, 0.29) is 0 Å². The third-order valence-electron chi connectivity index (χ3n) is 7.73. The van der Waals surface area contributed by atoms with Crippen molar-refractivity contribution in [3.8, 4) is 56.5 Å². The summed E-state index contributed by atoms with van der Waals surface area (Å²) in [5.41, 5.74) is 12.2. The van der Waals surface area contributed by atoms with Crippen molar-refractivity contribution < 1.29 is 0 Å². The van der Waals surface area contributed by atoms with Crippen LogP contribution in [0.25, 0.3) is 67.5 Å². The number of aromatic nitrogens is 4. The standard InChI is InChI=1S/C39H30N4.C2H4/c1-25-11-17-28(18-12-25)35-24-36(42-38(41-35)30-21-15-27(3)16-22-30)31-7-6-8-32(23-31)39-40-34-10-5-4-9-33(34)37(43-39)29-19-13-26(2)14-20-29;1-2/h4-24H,1-3H3;1-2H2. The molecule has 0 aliphatic carbocycles. The second kappa shape index (κ2) is 12.9. The fourth-order valence-electron chi connectivity index (χ4n) is 5.25. The minimum atomic E-state index is 0.683. The molecule has 0 atom stereocenters. The van der Waals surface area contributed by atoms with Gasteiger partial charge >= 0.3 is 0 Å². The fourth-order valence-corrected chi connectivity index (χ4v) is 5.25. The van der Waals surface area contributed by atoms with Gasteiger partial charge in [0.15, 0.2) is 11.6 Å². The number of nitrogens with zero attached hydrogens (tertiary/aromatic N) is 4. The van der Waals surface area contributed by atoms with Crippen LogP contribution < -0.4 is 0 Å². The van der Waals surface area contributed by atoms with Crippen LogP contribution in [0.5, 0.6) is 0 Å². The van der Waals surface area contributed by atoms with E-state index in [2.05, 4.69) is 137 Å². The van der Waals surface area contributed by atoms with Gasteiger partial charge in [0.1, 0.15) is 0 Å². The Morgan fingerprint density at radius 1 is 0.400 bits per heavy atom. The van der Waals surface area contributed by atoms with Crippen LogP contribution in [0, 0.1) is 20.8 Å². The van der Waals surface area contributed by atoms with Crippen molar-refractivity contribution in [1.82, 2.24) is 19.9 Å². The highest BCUT2D eigenvalue weighted by Gasteiger charge is 2.14. The lowest BCUT2D eigenvalue weighted by Gasteiger charge is -2.12. The van der Waals surface area contributed by atoms with Gasteiger partial charge in [-0.2, -0.15) is 0 Å². The lowest BCUT2D eigenvalue weighted by molar-refractivity contribution is 1.18. The molecule has 4 nitrogen and oxygen atoms in total. The van der Waals surface area contributed by atoms with Crippen LogP contribution in [-0.4, -0.2) is 19.9 Å². The van der Waals surface area contributed by atoms with Crippen LogP contribution in [0.2, 0.25) is 0 Å². The molecule has 45 heavy (non-hydrogen) atoms. The number of rotatable bonds is 5. The molecule has 7 rings (SSSR count). The molecule has 0 aliphatic heterocycles. The van der Waals surface area contributed by atoms with E-state index < -0.39 is 0 Å². The molecule has 0 unspecified atom stereocenters. The Balaban J connectivity index is 0.00000175. The summed E-state index contributed by atoms with van der Waals surface area (Å²) in [5.74, 6) is 1.38. The van der Waals surface area contributed by atoms with E-state index in [1.807, 2.05) is 24.3 Å². The zero-order chi connectivity index (χ0) is 31.3. The first-order valence-electron chi connectivity index (χ1n) is 15.0. The van der Waals surface area contributed by atoms with Gasteiger partial charge in [-0.15, -0.1) is 13.2 Å². The lowest BCUT2D eigenvalue weighted by Crippen LogP contribution is -1.97. The van der Waals surface area contributed by atoms with E-state index in [1.165, 1.54) is 16.7 Å². The summed E-state index contributed by atoms with van der Waals surface area (Å²) in [6.07, 6.45) is 0. The van der Waals surface area contributed by atoms with Crippen molar-refractivity contribution in [2.45, 2.75) is 20.8 Å². The van der Waals surface area contributed by atoms with Gasteiger partial charge < -0.3 is 0 Å². The van der Waals surface area contributed by atoms with Crippen LogP contribution in [0.4, 0.5) is 0 Å². The summed E-state index contributed by atoms with van der Waals surface area (Å²) in [6, 6.07) is 43.9. The monoisotopic (exact) mass is 582 g/mol. The average molecular weight is 583 g/mol. The molecule has 2 heterocycles.